The molecule has 0 aliphatic carbocycles. The summed E-state index contributed by atoms with van der Waals surface area (Å²) >= 11 is 7.67. The van der Waals surface area contributed by atoms with Crippen molar-refractivity contribution in [1.82, 2.24) is 15.6 Å². The number of nitrogens with two attached hydrogens (primary N) is 1. The summed E-state index contributed by atoms with van der Waals surface area (Å²) in [7, 11) is 0. The predicted molar refractivity (Wildman–Crippen MR) is 129 cm³/mol. The zero-order valence-corrected chi connectivity index (χ0v) is 20.0. The Morgan fingerprint density at radius 3 is 2.89 bits per heavy atom. The molecule has 0 unspecified atom stereocenters. The minimum Gasteiger partial charge on any atom is -0.447 e. The number of alkyl halides is 2. The first-order valence-electron chi connectivity index (χ1n) is 10.5. The van der Waals surface area contributed by atoms with Crippen LogP contribution in [0.4, 0.5) is 18.0 Å². The fourth-order valence-electron chi connectivity index (χ4n) is 3.82. The molecule has 0 radical (unpaired) electrons. The van der Waals surface area contributed by atoms with Crippen molar-refractivity contribution in [3.8, 4) is 0 Å². The number of hydrogen-bond donors (Lipinski definition) is 4. The summed E-state index contributed by atoms with van der Waals surface area (Å²) in [5, 5.41) is 18.2. The maximum atomic E-state index is 13.8. The molecule has 1 amide bonds. The van der Waals surface area contributed by atoms with E-state index in [0.29, 0.717) is 27.7 Å². The van der Waals surface area contributed by atoms with Crippen LogP contribution in [0.2, 0.25) is 5.02 Å². The number of carbonyl (C=O) groups is 1. The Balaban J connectivity index is 1.89. The van der Waals surface area contributed by atoms with Crippen LogP contribution in [-0.4, -0.2) is 53.5 Å². The van der Waals surface area contributed by atoms with Gasteiger partial charge in [-0.2, -0.15) is 8.78 Å². The summed E-state index contributed by atoms with van der Waals surface area (Å²) in [6, 6.07) is 2.85. The maximum absolute atomic E-state index is 13.8. The minimum absolute atomic E-state index is 0.00700. The van der Waals surface area contributed by atoms with Crippen LogP contribution in [0.1, 0.15) is 23.0 Å². The standard InChI is InChI=1S/C22H20ClF3N6O3S/c23-13-7-11(24)1-2-12(13)17-16(14(27)3-4-29-20(25)26)15(8-22(9-33)10-35-21(34)32-22)30-18(31-17)19-28-5-6-36-19/h1-7,17,20,33H,8-10,27H2,(H,30,31)(H,32,34)/t17-,22-/m0/s1. The number of aliphatic imine (C=N–C) groups is 2. The lowest BCUT2D eigenvalue weighted by Gasteiger charge is -2.33. The van der Waals surface area contributed by atoms with Crippen LogP contribution in [0.15, 0.2) is 62.8 Å². The lowest BCUT2D eigenvalue weighted by Crippen LogP contribution is -2.49. The van der Waals surface area contributed by atoms with Crippen molar-refractivity contribution in [1.29, 1.82) is 0 Å². The van der Waals surface area contributed by atoms with Crippen LogP contribution in [0.5, 0.6) is 0 Å². The number of cyclic esters (lactones) is 1. The van der Waals surface area contributed by atoms with Crippen LogP contribution >= 0.6 is 22.9 Å². The topological polar surface area (TPSA) is 134 Å². The quantitative estimate of drug-likeness (QED) is 0.300. The van der Waals surface area contributed by atoms with Gasteiger partial charge in [0, 0.05) is 51.8 Å². The number of amides is 1. The number of benzene rings is 1. The Hall–Kier alpha value is -3.42. The number of aliphatic hydroxyl groups excluding tert-OH is 1. The number of nitrogens with one attached hydrogen (secondary N) is 2. The van der Waals surface area contributed by atoms with E-state index in [1.807, 2.05) is 0 Å². The normalized spacial score (nSPS) is 22.6. The molecule has 2 aliphatic heterocycles. The van der Waals surface area contributed by atoms with Gasteiger partial charge in [0.15, 0.2) is 10.8 Å². The van der Waals surface area contributed by atoms with Crippen molar-refractivity contribution in [3.05, 3.63) is 74.2 Å². The van der Waals surface area contributed by atoms with E-state index in [1.54, 1.807) is 11.6 Å². The number of aromatic nitrogens is 1. The average Bonchev–Trinajstić information content (AvgIpc) is 3.49. The van der Waals surface area contributed by atoms with Gasteiger partial charge in [0.05, 0.1) is 6.61 Å². The van der Waals surface area contributed by atoms with Crippen LogP contribution < -0.4 is 16.4 Å². The van der Waals surface area contributed by atoms with Gasteiger partial charge >= 0.3 is 12.6 Å². The van der Waals surface area contributed by atoms with Gasteiger partial charge in [0.25, 0.3) is 0 Å². The molecule has 2 aliphatic rings. The zero-order chi connectivity index (χ0) is 25.9. The molecule has 9 nitrogen and oxygen atoms in total. The first-order valence-corrected chi connectivity index (χ1v) is 11.7. The average molecular weight is 541 g/mol. The van der Waals surface area contributed by atoms with Crippen molar-refractivity contribution in [3.63, 3.8) is 0 Å². The van der Waals surface area contributed by atoms with Crippen molar-refractivity contribution >= 4 is 41.1 Å². The van der Waals surface area contributed by atoms with Gasteiger partial charge in [-0.3, -0.25) is 4.99 Å². The van der Waals surface area contributed by atoms with E-state index in [2.05, 4.69) is 20.6 Å². The van der Waals surface area contributed by atoms with Gasteiger partial charge in [-0.05, 0) is 18.2 Å². The van der Waals surface area contributed by atoms with Gasteiger partial charge in [-0.15, -0.1) is 11.3 Å². The molecule has 36 heavy (non-hydrogen) atoms. The minimum atomic E-state index is -2.94. The lowest BCUT2D eigenvalue weighted by atomic mass is 9.87. The van der Waals surface area contributed by atoms with Crippen molar-refractivity contribution in [2.24, 2.45) is 15.7 Å². The number of carbonyl (C=O) groups excluding carboxylic acids is 1. The second-order valence-corrected chi connectivity index (χ2v) is 9.22. The molecule has 0 saturated carbocycles. The van der Waals surface area contributed by atoms with Gasteiger partial charge < -0.3 is 26.2 Å². The molecule has 5 N–H and O–H groups in total. The van der Waals surface area contributed by atoms with Crippen LogP contribution in [0.25, 0.3) is 0 Å². The highest BCUT2D eigenvalue weighted by atomic mass is 35.5. The number of halogens is 4. The van der Waals surface area contributed by atoms with E-state index in [-0.39, 0.29) is 23.7 Å². The molecule has 14 heteroatoms. The van der Waals surface area contributed by atoms with Gasteiger partial charge in [0.1, 0.15) is 24.0 Å². The number of aliphatic hydroxyl groups is 1. The summed E-state index contributed by atoms with van der Waals surface area (Å²) in [6.45, 7) is -3.55. The van der Waals surface area contributed by atoms with Crippen LogP contribution in [0, 0.1) is 5.82 Å². The van der Waals surface area contributed by atoms with E-state index in [1.165, 1.54) is 29.5 Å². The third-order valence-corrected chi connectivity index (χ3v) is 6.55. The zero-order valence-electron chi connectivity index (χ0n) is 18.4. The molecule has 1 saturated heterocycles. The second kappa shape index (κ2) is 10.7. The van der Waals surface area contributed by atoms with E-state index >= 15 is 0 Å². The van der Waals surface area contributed by atoms with Crippen molar-refractivity contribution < 1.29 is 27.8 Å². The Kier molecular flexibility index (Phi) is 7.62. The highest BCUT2D eigenvalue weighted by Gasteiger charge is 2.42. The summed E-state index contributed by atoms with van der Waals surface area (Å²) in [5.74, 6) is -0.230. The molecule has 1 fully saturated rings. The number of hydrogen-bond acceptors (Lipinski definition) is 9. The third-order valence-electron chi connectivity index (χ3n) is 5.45. The molecular weight excluding hydrogens is 521 g/mol. The smallest absolute Gasteiger partial charge is 0.407 e. The van der Waals surface area contributed by atoms with E-state index in [4.69, 9.17) is 27.1 Å². The lowest BCUT2D eigenvalue weighted by molar-refractivity contribution is 0.144. The number of rotatable bonds is 8. The Morgan fingerprint density at radius 1 is 1.47 bits per heavy atom. The molecule has 4 rings (SSSR count). The van der Waals surface area contributed by atoms with Gasteiger partial charge in [-0.25, -0.2) is 19.2 Å². The summed E-state index contributed by atoms with van der Waals surface area (Å²) in [4.78, 5) is 23.8. The number of thiazole rings is 1. The number of allylic oxidation sites excluding steroid dienone is 1. The predicted octanol–water partition coefficient (Wildman–Crippen LogP) is 3.28. The summed E-state index contributed by atoms with van der Waals surface area (Å²) in [5.41, 5.74) is 6.21. The SMILES string of the molecule is NC(=CC=NC(F)F)C1=C(C[C@]2(CO)COC(=O)N2)NC(c2nccs2)=N[C@H]1c1ccc(F)cc1Cl. The molecule has 0 bridgehead atoms. The monoisotopic (exact) mass is 540 g/mol. The Labute approximate surface area is 212 Å². The molecule has 1 aromatic heterocycles. The highest BCUT2D eigenvalue weighted by Crippen LogP contribution is 2.40. The fraction of sp³-hybridized carbons (Fsp3) is 0.273. The summed E-state index contributed by atoms with van der Waals surface area (Å²) in [6.07, 6.45) is 2.90. The second-order valence-electron chi connectivity index (χ2n) is 7.91. The highest BCUT2D eigenvalue weighted by molar-refractivity contribution is 7.11. The van der Waals surface area contributed by atoms with Crippen molar-refractivity contribution in [2.75, 3.05) is 13.2 Å². The van der Waals surface area contributed by atoms with E-state index in [9.17, 15) is 23.1 Å². The molecule has 1 aromatic carbocycles. The number of amidine groups is 1. The Bertz CT molecular complexity index is 1270. The molecule has 190 valence electrons. The number of alkyl carbamates (subject to hydrolysis) is 1. The molecular formula is C22H20ClF3N6O3S. The fourth-order valence-corrected chi connectivity index (χ4v) is 4.67. The number of nitrogens with zero attached hydrogens (tertiary/aromatic N) is 3. The number of ether oxygens (including phenoxy) is 1. The summed E-state index contributed by atoms with van der Waals surface area (Å²) < 4.78 is 44.0. The first-order chi connectivity index (χ1) is 17.2. The van der Waals surface area contributed by atoms with E-state index < -0.39 is 36.6 Å². The Morgan fingerprint density at radius 2 is 2.28 bits per heavy atom. The molecule has 2 aromatic rings. The molecule has 2 atom stereocenters. The van der Waals surface area contributed by atoms with Gasteiger partial charge in [0.2, 0.25) is 0 Å². The molecule has 3 heterocycles. The van der Waals surface area contributed by atoms with Crippen molar-refractivity contribution in [2.45, 2.75) is 24.6 Å². The maximum Gasteiger partial charge on any atom is 0.407 e. The first kappa shape index (κ1) is 25.7. The van der Waals surface area contributed by atoms with Crippen LogP contribution in [0.3, 0.4) is 0 Å². The largest absolute Gasteiger partial charge is 0.447 e. The third kappa shape index (κ3) is 5.53. The molecule has 0 spiro atoms. The van der Waals surface area contributed by atoms with E-state index in [0.717, 1.165) is 12.3 Å². The van der Waals surface area contributed by atoms with Crippen LogP contribution in [-0.2, 0) is 4.74 Å². The van der Waals surface area contributed by atoms with Gasteiger partial charge in [-0.1, -0.05) is 17.7 Å².